The van der Waals surface area contributed by atoms with E-state index in [1.54, 1.807) is 6.07 Å². The van der Waals surface area contributed by atoms with E-state index >= 15 is 0 Å². The minimum atomic E-state index is -0.563. The number of allylic oxidation sites excluding steroid dienone is 2. The molecule has 0 radical (unpaired) electrons. The van der Waals surface area contributed by atoms with Crippen LogP contribution in [0.4, 0.5) is 5.82 Å². The molecule has 0 bridgehead atoms. The lowest BCUT2D eigenvalue weighted by Gasteiger charge is -2.35. The molecule has 2 heterocycles. The highest BCUT2D eigenvalue weighted by Crippen LogP contribution is 2.43. The van der Waals surface area contributed by atoms with Gasteiger partial charge < -0.3 is 5.32 Å². The largest absolute Gasteiger partial charge is 0.310 e. The molecule has 1 N–H and O–H groups in total. The molecule has 0 spiro atoms. The van der Waals surface area contributed by atoms with E-state index in [0.717, 1.165) is 40.0 Å². The van der Waals surface area contributed by atoms with E-state index in [0.29, 0.717) is 17.8 Å². The van der Waals surface area contributed by atoms with Crippen LogP contribution in [0, 0.1) is 12.8 Å². The third-order valence-electron chi connectivity index (χ3n) is 5.46. The van der Waals surface area contributed by atoms with E-state index in [4.69, 9.17) is 4.99 Å². The van der Waals surface area contributed by atoms with Gasteiger partial charge >= 0.3 is 0 Å². The third kappa shape index (κ3) is 3.94. The average Bonchev–Trinajstić information content (AvgIpc) is 2.67. The summed E-state index contributed by atoms with van der Waals surface area (Å²) in [5.74, 6) is -0.506. The smallest absolute Gasteiger partial charge is 0.235 e. The van der Waals surface area contributed by atoms with Crippen molar-refractivity contribution in [2.45, 2.75) is 39.0 Å². The Morgan fingerprint density at radius 1 is 1.14 bits per heavy atom. The number of aromatic nitrogens is 1. The number of rotatable bonds is 3. The monoisotopic (exact) mass is 451 g/mol. The van der Waals surface area contributed by atoms with Crippen LogP contribution in [0.5, 0.6) is 0 Å². The Kier molecular flexibility index (Phi) is 5.46. The summed E-state index contributed by atoms with van der Waals surface area (Å²) in [5, 5.41) is 2.93. The van der Waals surface area contributed by atoms with Crippen molar-refractivity contribution in [1.29, 1.82) is 0 Å². The van der Waals surface area contributed by atoms with Gasteiger partial charge in [0.2, 0.25) is 5.91 Å². The van der Waals surface area contributed by atoms with Crippen LogP contribution in [0.2, 0.25) is 0 Å². The number of anilines is 1. The summed E-state index contributed by atoms with van der Waals surface area (Å²) in [6.45, 7) is 3.76. The van der Waals surface area contributed by atoms with Gasteiger partial charge in [-0.15, -0.1) is 0 Å². The summed E-state index contributed by atoms with van der Waals surface area (Å²) in [6, 6.07) is 13.3. The van der Waals surface area contributed by atoms with Crippen molar-refractivity contribution in [3.63, 3.8) is 0 Å². The van der Waals surface area contributed by atoms with Crippen LogP contribution in [0.3, 0.4) is 0 Å². The molecule has 0 fully saturated rings. The Balaban J connectivity index is 1.78. The zero-order valence-corrected chi connectivity index (χ0v) is 18.0. The summed E-state index contributed by atoms with van der Waals surface area (Å²) in [4.78, 5) is 35.3. The lowest BCUT2D eigenvalue weighted by molar-refractivity contribution is -0.119. The molecule has 148 valence electrons. The number of hydrogen-bond acceptors (Lipinski definition) is 4. The molecule has 6 heteroatoms. The number of nitrogens with one attached hydrogen (secondary N) is 1. The van der Waals surface area contributed by atoms with Gasteiger partial charge in [0.25, 0.3) is 0 Å². The fraction of sp³-hybridized carbons (Fsp3) is 0.304. The van der Waals surface area contributed by atoms with E-state index in [2.05, 4.69) is 26.2 Å². The van der Waals surface area contributed by atoms with Gasteiger partial charge in [-0.2, -0.15) is 0 Å². The molecule has 1 aromatic heterocycles. The maximum absolute atomic E-state index is 13.4. The zero-order chi connectivity index (χ0) is 20.5. The first-order valence-corrected chi connectivity index (χ1v) is 10.5. The summed E-state index contributed by atoms with van der Waals surface area (Å²) < 4.78 is 0.917. The number of amides is 1. The standard InChI is InChI=1S/C23H22BrN3O2/c1-13-6-3-11-19(25-13)27-23(29)20-14(2)26-17-9-5-10-18(28)22(17)21(20)15-7-4-8-16(24)12-15/h3-4,6-8,11-12,20-21H,5,9-10H2,1-2H3,(H,25,27,29)/t20?,21-/m1/s1. The Hall–Kier alpha value is -2.60. The Bertz CT molecular complexity index is 1060. The number of aryl methyl sites for hydroxylation is 1. The third-order valence-corrected chi connectivity index (χ3v) is 5.96. The van der Waals surface area contributed by atoms with Crippen LogP contribution in [0.1, 0.15) is 43.4 Å². The lowest BCUT2D eigenvalue weighted by Crippen LogP contribution is -2.39. The van der Waals surface area contributed by atoms with E-state index in [1.165, 1.54) is 0 Å². The molecule has 0 saturated carbocycles. The molecule has 5 nitrogen and oxygen atoms in total. The van der Waals surface area contributed by atoms with Gasteiger partial charge in [-0.1, -0.05) is 34.1 Å². The molecule has 29 heavy (non-hydrogen) atoms. The number of ketones is 1. The van der Waals surface area contributed by atoms with E-state index in [-0.39, 0.29) is 17.6 Å². The predicted octanol–water partition coefficient (Wildman–Crippen LogP) is 4.97. The highest BCUT2D eigenvalue weighted by Gasteiger charge is 2.42. The van der Waals surface area contributed by atoms with Gasteiger partial charge in [-0.3, -0.25) is 14.6 Å². The molecule has 2 atom stereocenters. The molecule has 1 aliphatic heterocycles. The Labute approximate surface area is 178 Å². The van der Waals surface area contributed by atoms with Crippen LogP contribution in [-0.2, 0) is 9.59 Å². The quantitative estimate of drug-likeness (QED) is 0.715. The first-order valence-electron chi connectivity index (χ1n) is 9.75. The fourth-order valence-corrected chi connectivity index (χ4v) is 4.64. The molecule has 1 amide bonds. The van der Waals surface area contributed by atoms with Crippen LogP contribution in [0.25, 0.3) is 0 Å². The van der Waals surface area contributed by atoms with Crippen LogP contribution < -0.4 is 5.32 Å². The number of Topliss-reactive ketones (excluding diaryl/α,β-unsaturated/α-hetero) is 1. The topological polar surface area (TPSA) is 71.4 Å². The second-order valence-corrected chi connectivity index (χ2v) is 8.47. The number of halogens is 1. The number of nitrogens with zero attached hydrogens (tertiary/aromatic N) is 2. The highest BCUT2D eigenvalue weighted by atomic mass is 79.9. The molecule has 1 unspecified atom stereocenters. The average molecular weight is 452 g/mol. The van der Waals surface area contributed by atoms with Crippen molar-refractivity contribution in [3.05, 3.63) is 69.5 Å². The van der Waals surface area contributed by atoms with Gasteiger partial charge in [-0.05, 0) is 56.5 Å². The van der Waals surface area contributed by atoms with Crippen molar-refractivity contribution in [2.24, 2.45) is 10.9 Å². The number of pyridine rings is 1. The van der Waals surface area contributed by atoms with E-state index in [1.807, 2.05) is 50.2 Å². The predicted molar refractivity (Wildman–Crippen MR) is 117 cm³/mol. The Morgan fingerprint density at radius 3 is 2.69 bits per heavy atom. The summed E-state index contributed by atoms with van der Waals surface area (Å²) in [5.41, 5.74) is 4.02. The summed E-state index contributed by atoms with van der Waals surface area (Å²) in [6.07, 6.45) is 2.09. The van der Waals surface area contributed by atoms with Gasteiger partial charge in [0.15, 0.2) is 5.78 Å². The first-order chi connectivity index (χ1) is 13.9. The normalized spacial score (nSPS) is 21.5. The summed E-state index contributed by atoms with van der Waals surface area (Å²) >= 11 is 3.52. The van der Waals surface area contributed by atoms with Gasteiger partial charge in [0, 0.05) is 39.5 Å². The van der Waals surface area contributed by atoms with Crippen molar-refractivity contribution in [3.8, 4) is 0 Å². The number of hydrogen-bond donors (Lipinski definition) is 1. The van der Waals surface area contributed by atoms with E-state index in [9.17, 15) is 9.59 Å². The second-order valence-electron chi connectivity index (χ2n) is 7.55. The van der Waals surface area contributed by atoms with E-state index < -0.39 is 5.92 Å². The van der Waals surface area contributed by atoms with Gasteiger partial charge in [-0.25, -0.2) is 4.98 Å². The SMILES string of the molecule is CC1=NC2=C(C(=O)CCC2)[C@H](c2cccc(Br)c2)C1C(=O)Nc1cccc(C)n1. The van der Waals surface area contributed by atoms with Crippen molar-refractivity contribution in [1.82, 2.24) is 4.98 Å². The molecule has 2 aliphatic rings. The van der Waals surface area contributed by atoms with Crippen LogP contribution in [0.15, 0.2) is 63.2 Å². The maximum atomic E-state index is 13.4. The van der Waals surface area contributed by atoms with Crippen LogP contribution >= 0.6 is 15.9 Å². The minimum absolute atomic E-state index is 0.0963. The molecule has 1 aromatic carbocycles. The fourth-order valence-electron chi connectivity index (χ4n) is 4.22. The van der Waals surface area contributed by atoms with Crippen LogP contribution in [-0.4, -0.2) is 22.4 Å². The highest BCUT2D eigenvalue weighted by molar-refractivity contribution is 9.10. The number of benzene rings is 1. The zero-order valence-electron chi connectivity index (χ0n) is 16.4. The summed E-state index contributed by atoms with van der Waals surface area (Å²) in [7, 11) is 0. The molecule has 1 aliphatic carbocycles. The van der Waals surface area contributed by atoms with Crippen molar-refractivity contribution in [2.75, 3.05) is 5.32 Å². The van der Waals surface area contributed by atoms with Crippen molar-refractivity contribution < 1.29 is 9.59 Å². The maximum Gasteiger partial charge on any atom is 0.235 e. The molecular weight excluding hydrogens is 430 g/mol. The van der Waals surface area contributed by atoms with Gasteiger partial charge in [0.05, 0.1) is 5.92 Å². The molecule has 2 aromatic rings. The minimum Gasteiger partial charge on any atom is -0.310 e. The number of aliphatic imine (C=N–C) groups is 1. The van der Waals surface area contributed by atoms with Gasteiger partial charge in [0.1, 0.15) is 5.82 Å². The Morgan fingerprint density at radius 2 is 1.93 bits per heavy atom. The second kappa shape index (κ2) is 8.03. The molecular formula is C23H22BrN3O2. The number of carbonyl (C=O) groups is 2. The van der Waals surface area contributed by atoms with Crippen molar-refractivity contribution >= 4 is 39.1 Å². The molecule has 4 rings (SSSR count). The lowest BCUT2D eigenvalue weighted by atomic mass is 9.71. The number of carbonyl (C=O) groups excluding carboxylic acids is 2. The first kappa shape index (κ1) is 19.7. The molecule has 0 saturated heterocycles.